The molecular formula is C17H22N2O. The van der Waals surface area contributed by atoms with Crippen molar-refractivity contribution < 1.29 is 4.74 Å². The number of rotatable bonds is 3. The summed E-state index contributed by atoms with van der Waals surface area (Å²) in [6, 6.07) is 12.0. The first kappa shape index (κ1) is 14.5. The molecule has 1 heterocycles. The molecule has 106 valence electrons. The minimum absolute atomic E-state index is 0.149. The van der Waals surface area contributed by atoms with Crippen molar-refractivity contribution in [3.05, 3.63) is 53.2 Å². The summed E-state index contributed by atoms with van der Waals surface area (Å²) in [5, 5.41) is 0. The molecule has 0 unspecified atom stereocenters. The van der Waals surface area contributed by atoms with Crippen molar-refractivity contribution in [1.82, 2.24) is 4.98 Å². The molecule has 0 aliphatic heterocycles. The zero-order valence-corrected chi connectivity index (χ0v) is 12.6. The van der Waals surface area contributed by atoms with Gasteiger partial charge >= 0.3 is 0 Å². The van der Waals surface area contributed by atoms with Gasteiger partial charge < -0.3 is 10.5 Å². The molecule has 0 bridgehead atoms. The third kappa shape index (κ3) is 3.36. The van der Waals surface area contributed by atoms with E-state index in [-0.39, 0.29) is 5.41 Å². The van der Waals surface area contributed by atoms with Crippen LogP contribution in [0.5, 0.6) is 11.6 Å². The molecule has 3 heteroatoms. The van der Waals surface area contributed by atoms with Crippen LogP contribution in [0.15, 0.2) is 36.4 Å². The fourth-order valence-corrected chi connectivity index (χ4v) is 1.98. The van der Waals surface area contributed by atoms with Crippen molar-refractivity contribution in [2.75, 3.05) is 0 Å². The Labute approximate surface area is 120 Å². The standard InChI is InChI=1S/C17H22N2O/c1-12-13(11-18)5-10-16(19-12)20-15-8-6-14(7-9-15)17(2,3)4/h5-10H,11,18H2,1-4H3. The third-order valence-corrected chi connectivity index (χ3v) is 3.33. The molecule has 1 aromatic carbocycles. The molecule has 0 aliphatic carbocycles. The zero-order chi connectivity index (χ0) is 14.8. The highest BCUT2D eigenvalue weighted by molar-refractivity contribution is 5.34. The Hall–Kier alpha value is -1.87. The summed E-state index contributed by atoms with van der Waals surface area (Å²) in [6.07, 6.45) is 0. The molecule has 0 radical (unpaired) electrons. The van der Waals surface area contributed by atoms with E-state index in [0.29, 0.717) is 12.4 Å². The molecule has 1 aromatic heterocycles. The fourth-order valence-electron chi connectivity index (χ4n) is 1.98. The summed E-state index contributed by atoms with van der Waals surface area (Å²) >= 11 is 0. The van der Waals surface area contributed by atoms with Gasteiger partial charge in [-0.25, -0.2) is 4.98 Å². The molecule has 2 N–H and O–H groups in total. The highest BCUT2D eigenvalue weighted by atomic mass is 16.5. The van der Waals surface area contributed by atoms with Gasteiger partial charge in [-0.1, -0.05) is 39.0 Å². The van der Waals surface area contributed by atoms with Gasteiger partial charge in [-0.3, -0.25) is 0 Å². The second-order valence-corrected chi connectivity index (χ2v) is 5.97. The van der Waals surface area contributed by atoms with E-state index in [9.17, 15) is 0 Å². The van der Waals surface area contributed by atoms with Gasteiger partial charge in [-0.2, -0.15) is 0 Å². The lowest BCUT2D eigenvalue weighted by Crippen LogP contribution is -2.10. The van der Waals surface area contributed by atoms with E-state index in [1.54, 1.807) is 0 Å². The number of nitrogens with zero attached hydrogens (tertiary/aromatic N) is 1. The van der Waals surface area contributed by atoms with Gasteiger partial charge in [0.05, 0.1) is 0 Å². The molecule has 2 aromatic rings. The molecule has 0 atom stereocenters. The number of hydrogen-bond donors (Lipinski definition) is 1. The molecule has 0 fully saturated rings. The number of hydrogen-bond acceptors (Lipinski definition) is 3. The predicted molar refractivity (Wildman–Crippen MR) is 82.1 cm³/mol. The Kier molecular flexibility index (Phi) is 4.09. The Morgan fingerprint density at radius 2 is 1.70 bits per heavy atom. The van der Waals surface area contributed by atoms with E-state index in [0.717, 1.165) is 17.0 Å². The van der Waals surface area contributed by atoms with Crippen LogP contribution in [-0.4, -0.2) is 4.98 Å². The first-order valence-corrected chi connectivity index (χ1v) is 6.85. The smallest absolute Gasteiger partial charge is 0.219 e. The molecule has 0 spiro atoms. The maximum Gasteiger partial charge on any atom is 0.219 e. The summed E-state index contributed by atoms with van der Waals surface area (Å²) in [4.78, 5) is 4.41. The molecule has 2 rings (SSSR count). The molecular weight excluding hydrogens is 248 g/mol. The lowest BCUT2D eigenvalue weighted by molar-refractivity contribution is 0.460. The average Bonchev–Trinajstić information content (AvgIpc) is 2.38. The largest absolute Gasteiger partial charge is 0.439 e. The minimum Gasteiger partial charge on any atom is -0.439 e. The second kappa shape index (κ2) is 5.63. The van der Waals surface area contributed by atoms with Crippen LogP contribution in [0, 0.1) is 6.92 Å². The first-order chi connectivity index (χ1) is 9.40. The minimum atomic E-state index is 0.149. The van der Waals surface area contributed by atoms with E-state index < -0.39 is 0 Å². The number of benzene rings is 1. The Balaban J connectivity index is 2.16. The van der Waals surface area contributed by atoms with Crippen molar-refractivity contribution in [3.63, 3.8) is 0 Å². The predicted octanol–water partition coefficient (Wildman–Crippen LogP) is 3.94. The van der Waals surface area contributed by atoms with Crippen LogP contribution in [0.4, 0.5) is 0 Å². The Bertz CT molecular complexity index is 583. The van der Waals surface area contributed by atoms with Gasteiger partial charge in [0.15, 0.2) is 0 Å². The summed E-state index contributed by atoms with van der Waals surface area (Å²) in [6.45, 7) is 9.02. The van der Waals surface area contributed by atoms with Crippen LogP contribution in [0.1, 0.15) is 37.6 Å². The van der Waals surface area contributed by atoms with Gasteiger partial charge in [0.25, 0.3) is 0 Å². The van der Waals surface area contributed by atoms with Crippen molar-refractivity contribution in [1.29, 1.82) is 0 Å². The number of aryl methyl sites for hydroxylation is 1. The van der Waals surface area contributed by atoms with Gasteiger partial charge in [0.1, 0.15) is 5.75 Å². The Morgan fingerprint density at radius 3 is 2.20 bits per heavy atom. The van der Waals surface area contributed by atoms with Crippen LogP contribution < -0.4 is 10.5 Å². The van der Waals surface area contributed by atoms with Crippen molar-refractivity contribution >= 4 is 0 Å². The first-order valence-electron chi connectivity index (χ1n) is 6.85. The van der Waals surface area contributed by atoms with Crippen LogP contribution in [0.25, 0.3) is 0 Å². The van der Waals surface area contributed by atoms with E-state index in [4.69, 9.17) is 10.5 Å². The second-order valence-electron chi connectivity index (χ2n) is 5.97. The molecule has 0 amide bonds. The fraction of sp³-hybridized carbons (Fsp3) is 0.353. The number of aromatic nitrogens is 1. The molecule has 3 nitrogen and oxygen atoms in total. The molecule has 20 heavy (non-hydrogen) atoms. The third-order valence-electron chi connectivity index (χ3n) is 3.33. The summed E-state index contributed by atoms with van der Waals surface area (Å²) in [7, 11) is 0. The maximum atomic E-state index is 5.77. The van der Waals surface area contributed by atoms with E-state index in [1.807, 2.05) is 31.2 Å². The maximum absolute atomic E-state index is 5.77. The van der Waals surface area contributed by atoms with Gasteiger partial charge in [0, 0.05) is 18.3 Å². The number of pyridine rings is 1. The molecule has 0 saturated carbocycles. The van der Waals surface area contributed by atoms with Crippen LogP contribution in [-0.2, 0) is 12.0 Å². The summed E-state index contributed by atoms with van der Waals surface area (Å²) in [5.74, 6) is 1.40. The van der Waals surface area contributed by atoms with Gasteiger partial charge in [-0.05, 0) is 35.6 Å². The highest BCUT2D eigenvalue weighted by Gasteiger charge is 2.13. The number of ether oxygens (including phenoxy) is 1. The number of nitrogens with two attached hydrogens (primary N) is 1. The molecule has 0 aliphatic rings. The topological polar surface area (TPSA) is 48.1 Å². The Morgan fingerprint density at radius 1 is 1.05 bits per heavy atom. The normalized spacial score (nSPS) is 11.4. The van der Waals surface area contributed by atoms with E-state index in [2.05, 4.69) is 37.9 Å². The average molecular weight is 270 g/mol. The van der Waals surface area contributed by atoms with E-state index >= 15 is 0 Å². The highest BCUT2D eigenvalue weighted by Crippen LogP contribution is 2.26. The van der Waals surface area contributed by atoms with Crippen LogP contribution in [0.2, 0.25) is 0 Å². The molecule has 0 saturated heterocycles. The van der Waals surface area contributed by atoms with Crippen molar-refractivity contribution in [3.8, 4) is 11.6 Å². The summed E-state index contributed by atoms with van der Waals surface area (Å²) < 4.78 is 5.77. The SMILES string of the molecule is Cc1nc(Oc2ccc(C(C)(C)C)cc2)ccc1CN. The van der Waals surface area contributed by atoms with Crippen molar-refractivity contribution in [2.24, 2.45) is 5.73 Å². The van der Waals surface area contributed by atoms with Gasteiger partial charge in [-0.15, -0.1) is 0 Å². The monoisotopic (exact) mass is 270 g/mol. The zero-order valence-electron chi connectivity index (χ0n) is 12.6. The van der Waals surface area contributed by atoms with Crippen molar-refractivity contribution in [2.45, 2.75) is 39.7 Å². The van der Waals surface area contributed by atoms with E-state index in [1.165, 1.54) is 5.56 Å². The lowest BCUT2D eigenvalue weighted by Gasteiger charge is -2.19. The lowest BCUT2D eigenvalue weighted by atomic mass is 9.87. The quantitative estimate of drug-likeness (QED) is 0.919. The van der Waals surface area contributed by atoms with Gasteiger partial charge in [0.2, 0.25) is 5.88 Å². The summed E-state index contributed by atoms with van der Waals surface area (Å²) in [5.41, 5.74) is 9.02. The van der Waals surface area contributed by atoms with Crippen LogP contribution in [0.3, 0.4) is 0 Å². The van der Waals surface area contributed by atoms with Crippen LogP contribution >= 0.6 is 0 Å².